The van der Waals surface area contributed by atoms with Crippen LogP contribution in [0.5, 0.6) is 5.75 Å². The molecule has 1 atom stereocenters. The van der Waals surface area contributed by atoms with Gasteiger partial charge in [0.2, 0.25) is 0 Å². The van der Waals surface area contributed by atoms with Gasteiger partial charge in [-0.3, -0.25) is 0 Å². The molecule has 0 saturated carbocycles. The third-order valence-corrected chi connectivity index (χ3v) is 5.05. The Hall–Kier alpha value is -1.98. The topological polar surface area (TPSA) is 39.9 Å². The SMILES string of the molecule is CCn1c(SCc2ccc(Cl)cc2)nnc1[C@@H](C)Oc1ccccc1. The van der Waals surface area contributed by atoms with Crippen LogP contribution in [-0.2, 0) is 12.3 Å². The number of nitrogens with zero attached hydrogens (tertiary/aromatic N) is 3. The van der Waals surface area contributed by atoms with Gasteiger partial charge >= 0.3 is 0 Å². The first kappa shape index (κ1) is 17.8. The van der Waals surface area contributed by atoms with Crippen LogP contribution < -0.4 is 4.74 Å². The van der Waals surface area contributed by atoms with Gasteiger partial charge in [-0.2, -0.15) is 0 Å². The maximum Gasteiger partial charge on any atom is 0.191 e. The van der Waals surface area contributed by atoms with Crippen LogP contribution in [0.1, 0.15) is 31.3 Å². The Morgan fingerprint density at radius 3 is 2.48 bits per heavy atom. The van der Waals surface area contributed by atoms with Crippen molar-refractivity contribution in [2.24, 2.45) is 0 Å². The van der Waals surface area contributed by atoms with Crippen LogP contribution in [-0.4, -0.2) is 14.8 Å². The molecule has 0 N–H and O–H groups in total. The Labute approximate surface area is 157 Å². The first-order valence-corrected chi connectivity index (χ1v) is 9.55. The Morgan fingerprint density at radius 2 is 1.80 bits per heavy atom. The van der Waals surface area contributed by atoms with Crippen molar-refractivity contribution in [3.8, 4) is 5.75 Å². The molecule has 0 bridgehead atoms. The minimum absolute atomic E-state index is 0.167. The zero-order valence-electron chi connectivity index (χ0n) is 14.2. The van der Waals surface area contributed by atoms with E-state index in [1.54, 1.807) is 11.8 Å². The monoisotopic (exact) mass is 373 g/mol. The summed E-state index contributed by atoms with van der Waals surface area (Å²) in [6.45, 7) is 4.89. The average molecular weight is 374 g/mol. The highest BCUT2D eigenvalue weighted by molar-refractivity contribution is 7.98. The minimum Gasteiger partial charge on any atom is -0.483 e. The Morgan fingerprint density at radius 1 is 1.08 bits per heavy atom. The predicted octanol–water partition coefficient (Wildman–Crippen LogP) is 5.38. The van der Waals surface area contributed by atoms with Crippen LogP contribution in [0, 0.1) is 0 Å². The molecule has 6 heteroatoms. The van der Waals surface area contributed by atoms with Crippen molar-refractivity contribution in [1.29, 1.82) is 0 Å². The lowest BCUT2D eigenvalue weighted by Crippen LogP contribution is -2.11. The van der Waals surface area contributed by atoms with Crippen molar-refractivity contribution in [3.63, 3.8) is 0 Å². The molecule has 2 aromatic carbocycles. The van der Waals surface area contributed by atoms with Crippen molar-refractivity contribution >= 4 is 23.4 Å². The van der Waals surface area contributed by atoms with Gasteiger partial charge in [-0.15, -0.1) is 10.2 Å². The minimum atomic E-state index is -0.167. The van der Waals surface area contributed by atoms with Gasteiger partial charge in [0.1, 0.15) is 5.75 Å². The van der Waals surface area contributed by atoms with Crippen LogP contribution in [0.15, 0.2) is 59.8 Å². The molecule has 0 amide bonds. The third kappa shape index (κ3) is 4.55. The molecule has 0 unspecified atom stereocenters. The maximum atomic E-state index is 5.98. The van der Waals surface area contributed by atoms with Gasteiger partial charge in [0.15, 0.2) is 17.1 Å². The molecule has 3 rings (SSSR count). The average Bonchev–Trinajstić information content (AvgIpc) is 3.05. The molecule has 25 heavy (non-hydrogen) atoms. The van der Waals surface area contributed by atoms with E-state index in [0.29, 0.717) is 0 Å². The molecular weight excluding hydrogens is 354 g/mol. The van der Waals surface area contributed by atoms with E-state index >= 15 is 0 Å². The van der Waals surface area contributed by atoms with E-state index in [-0.39, 0.29) is 6.10 Å². The van der Waals surface area contributed by atoms with Crippen LogP contribution in [0.25, 0.3) is 0 Å². The van der Waals surface area contributed by atoms with E-state index in [0.717, 1.165) is 34.1 Å². The fraction of sp³-hybridized carbons (Fsp3) is 0.263. The molecular formula is C19H20ClN3OS. The molecule has 0 fully saturated rings. The number of para-hydroxylation sites is 1. The van der Waals surface area contributed by atoms with Crippen LogP contribution in [0.3, 0.4) is 0 Å². The summed E-state index contributed by atoms with van der Waals surface area (Å²) in [6.07, 6.45) is -0.167. The highest BCUT2D eigenvalue weighted by atomic mass is 35.5. The summed E-state index contributed by atoms with van der Waals surface area (Å²) < 4.78 is 8.09. The molecule has 130 valence electrons. The lowest BCUT2D eigenvalue weighted by molar-refractivity contribution is 0.210. The molecule has 0 radical (unpaired) electrons. The molecule has 0 aliphatic heterocycles. The second kappa shape index (κ2) is 8.41. The molecule has 0 aliphatic rings. The van der Waals surface area contributed by atoms with Crippen molar-refractivity contribution < 1.29 is 4.74 Å². The molecule has 4 nitrogen and oxygen atoms in total. The third-order valence-electron chi connectivity index (χ3n) is 3.76. The Bertz CT molecular complexity index is 805. The van der Waals surface area contributed by atoms with Crippen molar-refractivity contribution in [2.75, 3.05) is 0 Å². The second-order valence-electron chi connectivity index (χ2n) is 5.57. The van der Waals surface area contributed by atoms with Gasteiger partial charge < -0.3 is 9.30 Å². The fourth-order valence-corrected chi connectivity index (χ4v) is 3.58. The number of aromatic nitrogens is 3. The number of halogens is 1. The zero-order valence-corrected chi connectivity index (χ0v) is 15.8. The lowest BCUT2D eigenvalue weighted by atomic mass is 10.2. The first-order chi connectivity index (χ1) is 12.2. The van der Waals surface area contributed by atoms with Crippen molar-refractivity contribution in [2.45, 2.75) is 37.4 Å². The van der Waals surface area contributed by atoms with Gasteiger partial charge in [-0.1, -0.05) is 53.7 Å². The van der Waals surface area contributed by atoms with Gasteiger partial charge in [0.25, 0.3) is 0 Å². The summed E-state index contributed by atoms with van der Waals surface area (Å²) in [4.78, 5) is 0. The largest absolute Gasteiger partial charge is 0.483 e. The van der Waals surface area contributed by atoms with E-state index < -0.39 is 0 Å². The van der Waals surface area contributed by atoms with Gasteiger partial charge in [0, 0.05) is 17.3 Å². The number of hydrogen-bond acceptors (Lipinski definition) is 4. The molecule has 0 aliphatic carbocycles. The standard InChI is InChI=1S/C19H20ClN3OS/c1-3-23-18(14(2)24-17-7-5-4-6-8-17)21-22-19(23)25-13-15-9-11-16(20)12-10-15/h4-12,14H,3,13H2,1-2H3/t14-/m1/s1. The van der Waals surface area contributed by atoms with E-state index in [9.17, 15) is 0 Å². The zero-order chi connectivity index (χ0) is 17.6. The molecule has 0 spiro atoms. The van der Waals surface area contributed by atoms with Gasteiger partial charge in [0.05, 0.1) is 0 Å². The van der Waals surface area contributed by atoms with E-state index in [1.165, 1.54) is 5.56 Å². The molecule has 1 aromatic heterocycles. The summed E-state index contributed by atoms with van der Waals surface area (Å²) in [5.41, 5.74) is 1.20. The van der Waals surface area contributed by atoms with E-state index in [2.05, 4.69) is 21.7 Å². The van der Waals surface area contributed by atoms with Gasteiger partial charge in [-0.05, 0) is 43.7 Å². The second-order valence-corrected chi connectivity index (χ2v) is 6.95. The number of rotatable bonds is 7. The molecule has 0 saturated heterocycles. The normalized spacial score (nSPS) is 12.1. The number of benzene rings is 2. The quantitative estimate of drug-likeness (QED) is 0.521. The predicted molar refractivity (Wildman–Crippen MR) is 102 cm³/mol. The summed E-state index contributed by atoms with van der Waals surface area (Å²) in [5.74, 6) is 2.49. The highest BCUT2D eigenvalue weighted by Gasteiger charge is 2.18. The number of hydrogen-bond donors (Lipinski definition) is 0. The number of thioether (sulfide) groups is 1. The van der Waals surface area contributed by atoms with Crippen LogP contribution in [0.2, 0.25) is 5.02 Å². The summed E-state index contributed by atoms with van der Waals surface area (Å²) in [5, 5.41) is 10.4. The molecule has 3 aromatic rings. The van der Waals surface area contributed by atoms with E-state index in [1.807, 2.05) is 61.5 Å². The summed E-state index contributed by atoms with van der Waals surface area (Å²) in [7, 11) is 0. The maximum absolute atomic E-state index is 5.98. The fourth-order valence-electron chi connectivity index (χ4n) is 2.49. The Balaban J connectivity index is 1.70. The smallest absolute Gasteiger partial charge is 0.191 e. The van der Waals surface area contributed by atoms with Crippen LogP contribution in [0.4, 0.5) is 0 Å². The van der Waals surface area contributed by atoms with Gasteiger partial charge in [-0.25, -0.2) is 0 Å². The van der Waals surface area contributed by atoms with Crippen molar-refractivity contribution in [1.82, 2.24) is 14.8 Å². The first-order valence-electron chi connectivity index (χ1n) is 8.19. The van der Waals surface area contributed by atoms with E-state index in [4.69, 9.17) is 16.3 Å². The molecule has 1 heterocycles. The Kier molecular flexibility index (Phi) is 6.00. The highest BCUT2D eigenvalue weighted by Crippen LogP contribution is 2.26. The lowest BCUT2D eigenvalue weighted by Gasteiger charge is -2.15. The van der Waals surface area contributed by atoms with Crippen molar-refractivity contribution in [3.05, 3.63) is 71.0 Å². The summed E-state index contributed by atoms with van der Waals surface area (Å²) >= 11 is 7.60. The number of ether oxygens (including phenoxy) is 1. The summed E-state index contributed by atoms with van der Waals surface area (Å²) in [6, 6.07) is 17.6. The van der Waals surface area contributed by atoms with Crippen LogP contribution >= 0.6 is 23.4 Å².